The quantitative estimate of drug-likeness (QED) is 0.153. The number of thiol groups is 1. The highest BCUT2D eigenvalue weighted by atomic mass is 32.1. The highest BCUT2D eigenvalue weighted by Crippen LogP contribution is 2.44. The first kappa shape index (κ1) is 43.7. The van der Waals surface area contributed by atoms with Gasteiger partial charge in [-0.25, -0.2) is 0 Å². The molecule has 1 aliphatic carbocycles. The molecule has 0 saturated heterocycles. The van der Waals surface area contributed by atoms with Gasteiger partial charge in [0.05, 0.1) is 22.2 Å². The van der Waals surface area contributed by atoms with Gasteiger partial charge in [0.2, 0.25) is 0 Å². The second-order valence-corrected chi connectivity index (χ2v) is 20.4. The lowest BCUT2D eigenvalue weighted by molar-refractivity contribution is 0.896. The largest absolute Gasteiger partial charge is 0.313 e. The summed E-state index contributed by atoms with van der Waals surface area (Å²) in [5.74, 6) is 0. The van der Waals surface area contributed by atoms with Crippen molar-refractivity contribution in [1.29, 1.82) is 0 Å². The van der Waals surface area contributed by atoms with Gasteiger partial charge in [-0.2, -0.15) is 0 Å². The fraction of sp³-hybridized carbons (Fsp3) is 0.200. The molecule has 0 N–H and O–H groups in total. The Morgan fingerprint density at radius 1 is 0.456 bits per heavy atom. The summed E-state index contributed by atoms with van der Waals surface area (Å²) in [7, 11) is 0. The van der Waals surface area contributed by atoms with Gasteiger partial charge >= 0.3 is 0 Å². The van der Waals surface area contributed by atoms with Gasteiger partial charge in [-0.05, 0) is 226 Å². The summed E-state index contributed by atoms with van der Waals surface area (Å²) in [5, 5.41) is 3.82. The van der Waals surface area contributed by atoms with Crippen LogP contribution in [0, 0.1) is 62.3 Å². The van der Waals surface area contributed by atoms with Crippen molar-refractivity contribution in [2.24, 2.45) is 0 Å². The molecule has 2 nitrogen and oxygen atoms in total. The lowest BCUT2D eigenvalue weighted by Gasteiger charge is -2.21. The average Bonchev–Trinajstić information content (AvgIpc) is 3.79. The summed E-state index contributed by atoms with van der Waals surface area (Å²) in [6.45, 7) is 22.4. The van der Waals surface area contributed by atoms with E-state index in [9.17, 15) is 0 Å². The lowest BCUT2D eigenvalue weighted by atomic mass is 9.86. The van der Waals surface area contributed by atoms with Crippen molar-refractivity contribution in [3.05, 3.63) is 206 Å². The fourth-order valence-electron chi connectivity index (χ4n) is 12.4. The standard InChI is InChI=1S/C65H60N2S/c1-11-46-14-12-13-15-52(46)57-36-51(20-25-62(57)68)66-58-21-16-47(32-53(58)55-34-49(18-23-59(55)66)63-40(5)26-37(2)27-41(63)6)48-17-22-60-54(33-48)56-35-50(64-42(7)28-38(3)29-43(64)8)19-24-61(56)67(60)65-44(9)30-39(4)31-45(65)10/h12-17,19-22,24-36,68H,11,18,23H2,1-10H3. The molecule has 68 heavy (non-hydrogen) atoms. The molecule has 0 spiro atoms. The second-order valence-electron chi connectivity index (χ2n) is 19.9. The number of aryl methyl sites for hydroxylation is 10. The minimum Gasteiger partial charge on any atom is -0.313 e. The zero-order valence-electron chi connectivity index (χ0n) is 41.2. The number of hydrogen-bond donors (Lipinski definition) is 1. The van der Waals surface area contributed by atoms with Crippen molar-refractivity contribution < 1.29 is 0 Å². The van der Waals surface area contributed by atoms with Crippen molar-refractivity contribution >= 4 is 57.0 Å². The van der Waals surface area contributed by atoms with Gasteiger partial charge in [0, 0.05) is 38.0 Å². The molecule has 2 heterocycles. The van der Waals surface area contributed by atoms with Gasteiger partial charge in [0.25, 0.3) is 0 Å². The molecule has 336 valence electrons. The SMILES string of the molecule is CCc1ccccc1-c1cc(-n2c3c(c4cc(-c5ccc6c(c5)c5cc(-c7c(C)cc(C)cc7C)ccc5n6-c5c(C)cc(C)cc5C)ccc42)C=C(c2c(C)cc(C)cc2C)CC3)ccc1S. The average molecular weight is 901 g/mol. The maximum absolute atomic E-state index is 5.04. The van der Waals surface area contributed by atoms with Crippen LogP contribution in [0.15, 0.2) is 138 Å². The third-order valence-corrected chi connectivity index (χ3v) is 15.3. The first-order valence-electron chi connectivity index (χ1n) is 24.4. The van der Waals surface area contributed by atoms with Crippen LogP contribution >= 0.6 is 12.6 Å². The summed E-state index contributed by atoms with van der Waals surface area (Å²) in [6.07, 6.45) is 5.43. The van der Waals surface area contributed by atoms with Gasteiger partial charge in [0.15, 0.2) is 0 Å². The number of aromatic nitrogens is 2. The highest BCUT2D eigenvalue weighted by molar-refractivity contribution is 7.80. The Balaban J connectivity index is 1.15. The molecule has 8 aromatic carbocycles. The fourth-order valence-corrected chi connectivity index (χ4v) is 12.6. The molecule has 0 saturated carbocycles. The van der Waals surface area contributed by atoms with Crippen LogP contribution in [-0.2, 0) is 12.8 Å². The van der Waals surface area contributed by atoms with Crippen LogP contribution in [0.3, 0.4) is 0 Å². The Morgan fingerprint density at radius 2 is 0.971 bits per heavy atom. The van der Waals surface area contributed by atoms with Crippen LogP contribution in [0.5, 0.6) is 0 Å². The zero-order chi connectivity index (χ0) is 47.3. The Morgan fingerprint density at radius 3 is 1.57 bits per heavy atom. The molecule has 0 fully saturated rings. The Kier molecular flexibility index (Phi) is 10.8. The Bertz CT molecular complexity index is 3700. The van der Waals surface area contributed by atoms with Gasteiger partial charge in [-0.3, -0.25) is 0 Å². The summed E-state index contributed by atoms with van der Waals surface area (Å²) in [5.41, 5.74) is 32.2. The zero-order valence-corrected chi connectivity index (χ0v) is 42.1. The number of fused-ring (bicyclic) bond motifs is 6. The van der Waals surface area contributed by atoms with Crippen LogP contribution in [0.2, 0.25) is 0 Å². The monoisotopic (exact) mass is 900 g/mol. The first-order chi connectivity index (χ1) is 32.8. The van der Waals surface area contributed by atoms with Crippen molar-refractivity contribution in [2.75, 3.05) is 0 Å². The second kappa shape index (κ2) is 16.8. The van der Waals surface area contributed by atoms with Crippen LogP contribution in [0.4, 0.5) is 0 Å². The Hall–Kier alpha value is -6.81. The molecule has 0 unspecified atom stereocenters. The maximum Gasteiger partial charge on any atom is 0.0541 e. The van der Waals surface area contributed by atoms with E-state index in [1.54, 1.807) is 0 Å². The molecule has 1 aliphatic rings. The summed E-state index contributed by atoms with van der Waals surface area (Å²) in [4.78, 5) is 0.996. The molecule has 0 aliphatic heterocycles. The summed E-state index contributed by atoms with van der Waals surface area (Å²) < 4.78 is 5.06. The van der Waals surface area contributed by atoms with Crippen molar-refractivity contribution in [2.45, 2.75) is 93.4 Å². The molecule has 3 heteroatoms. The lowest BCUT2D eigenvalue weighted by Crippen LogP contribution is -2.07. The molecule has 11 rings (SSSR count). The molecular formula is C65H60N2S. The number of nitrogens with zero attached hydrogens (tertiary/aromatic N) is 2. The van der Waals surface area contributed by atoms with Gasteiger partial charge in [-0.1, -0.05) is 102 Å². The van der Waals surface area contributed by atoms with E-state index in [1.165, 1.54) is 155 Å². The molecule has 0 radical (unpaired) electrons. The van der Waals surface area contributed by atoms with Gasteiger partial charge < -0.3 is 9.13 Å². The van der Waals surface area contributed by atoms with E-state index in [1.807, 2.05) is 0 Å². The smallest absolute Gasteiger partial charge is 0.0541 e. The molecule has 0 amide bonds. The Labute approximate surface area is 408 Å². The highest BCUT2D eigenvalue weighted by Gasteiger charge is 2.25. The van der Waals surface area contributed by atoms with Crippen LogP contribution in [0.1, 0.15) is 85.8 Å². The van der Waals surface area contributed by atoms with Crippen LogP contribution in [-0.4, -0.2) is 9.13 Å². The van der Waals surface area contributed by atoms with Crippen LogP contribution < -0.4 is 0 Å². The topological polar surface area (TPSA) is 9.86 Å². The van der Waals surface area contributed by atoms with Gasteiger partial charge in [-0.15, -0.1) is 12.6 Å². The predicted molar refractivity (Wildman–Crippen MR) is 296 cm³/mol. The molecule has 2 aromatic heterocycles. The summed E-state index contributed by atoms with van der Waals surface area (Å²) >= 11 is 5.04. The summed E-state index contributed by atoms with van der Waals surface area (Å²) in [6, 6.07) is 51.1. The molecule has 10 aromatic rings. The van der Waals surface area contributed by atoms with E-state index < -0.39 is 0 Å². The van der Waals surface area contributed by atoms with Crippen LogP contribution in [0.25, 0.3) is 89.1 Å². The molecule has 0 atom stereocenters. The minimum absolute atomic E-state index is 0.951. The van der Waals surface area contributed by atoms with E-state index in [4.69, 9.17) is 12.6 Å². The van der Waals surface area contributed by atoms with E-state index in [0.717, 1.165) is 24.2 Å². The van der Waals surface area contributed by atoms with Gasteiger partial charge in [0.1, 0.15) is 0 Å². The molecular weight excluding hydrogens is 841 g/mol. The number of benzene rings is 8. The normalized spacial score (nSPS) is 12.7. The van der Waals surface area contributed by atoms with E-state index in [2.05, 4.69) is 218 Å². The predicted octanol–water partition coefficient (Wildman–Crippen LogP) is 17.8. The number of allylic oxidation sites excluding steroid dienone is 1. The minimum atomic E-state index is 0.951. The number of hydrogen-bond acceptors (Lipinski definition) is 1. The van der Waals surface area contributed by atoms with E-state index in [0.29, 0.717) is 0 Å². The molecule has 0 bridgehead atoms. The van der Waals surface area contributed by atoms with Crippen molar-refractivity contribution in [3.63, 3.8) is 0 Å². The number of rotatable bonds is 7. The maximum atomic E-state index is 5.04. The van der Waals surface area contributed by atoms with E-state index >= 15 is 0 Å². The first-order valence-corrected chi connectivity index (χ1v) is 24.9. The van der Waals surface area contributed by atoms with Crippen molar-refractivity contribution in [1.82, 2.24) is 9.13 Å². The van der Waals surface area contributed by atoms with Crippen molar-refractivity contribution in [3.8, 4) is 44.8 Å². The third kappa shape index (κ3) is 7.17. The van der Waals surface area contributed by atoms with E-state index in [-0.39, 0.29) is 0 Å². The third-order valence-electron chi connectivity index (χ3n) is 14.9.